The molecule has 0 atom stereocenters. The molecule has 0 aromatic carbocycles. The van der Waals surface area contributed by atoms with Gasteiger partial charge in [0.15, 0.2) is 0 Å². The van der Waals surface area contributed by atoms with Crippen molar-refractivity contribution in [2.45, 2.75) is 18.8 Å². The Morgan fingerprint density at radius 2 is 2.18 bits per heavy atom. The molecule has 0 N–H and O–H groups in total. The van der Waals surface area contributed by atoms with Crippen LogP contribution in [0.2, 0.25) is 0 Å². The summed E-state index contributed by atoms with van der Waals surface area (Å²) >= 11 is 3.35. The van der Waals surface area contributed by atoms with Crippen LogP contribution in [0.1, 0.15) is 24.6 Å². The van der Waals surface area contributed by atoms with Crippen LogP contribution >= 0.6 is 15.9 Å². The minimum Gasteiger partial charge on any atom is -0.437 e. The Hall–Kier alpha value is -1.49. The monoisotopic (exact) mass is 291 g/mol. The summed E-state index contributed by atoms with van der Waals surface area (Å²) in [7, 11) is 0. The maximum Gasteiger partial charge on any atom is 0.222 e. The Bertz CT molecular complexity index is 543. The molecule has 0 unspecified atom stereocenters. The molecule has 0 bridgehead atoms. The fourth-order valence-corrected chi connectivity index (χ4v) is 1.86. The summed E-state index contributed by atoms with van der Waals surface area (Å²) in [5.41, 5.74) is 0. The van der Waals surface area contributed by atoms with Crippen LogP contribution in [0, 0.1) is 0 Å². The number of ether oxygens (including phenoxy) is 1. The molecule has 5 heteroatoms. The molecule has 0 spiro atoms. The van der Waals surface area contributed by atoms with Crippen LogP contribution in [0.15, 0.2) is 35.2 Å². The molecule has 1 aliphatic carbocycles. The first-order valence-electron chi connectivity index (χ1n) is 5.42. The first-order valence-corrected chi connectivity index (χ1v) is 6.22. The van der Waals surface area contributed by atoms with Gasteiger partial charge in [0, 0.05) is 28.9 Å². The van der Waals surface area contributed by atoms with E-state index in [2.05, 4.69) is 30.9 Å². The fraction of sp³-hybridized carbons (Fsp3) is 0.250. The zero-order chi connectivity index (χ0) is 11.7. The van der Waals surface area contributed by atoms with Gasteiger partial charge in [-0.05, 0) is 34.8 Å². The fourth-order valence-electron chi connectivity index (χ4n) is 1.52. The van der Waals surface area contributed by atoms with E-state index in [0.29, 0.717) is 17.5 Å². The second-order valence-corrected chi connectivity index (χ2v) is 4.88. The molecule has 1 saturated carbocycles. The molecular weight excluding hydrogens is 282 g/mol. The van der Waals surface area contributed by atoms with Gasteiger partial charge in [0.1, 0.15) is 11.6 Å². The first kappa shape index (κ1) is 10.7. The Kier molecular flexibility index (Phi) is 2.76. The van der Waals surface area contributed by atoms with Gasteiger partial charge in [-0.3, -0.25) is 4.98 Å². The van der Waals surface area contributed by atoms with Gasteiger partial charge >= 0.3 is 0 Å². The number of halogens is 1. The van der Waals surface area contributed by atoms with E-state index in [9.17, 15) is 0 Å². The van der Waals surface area contributed by atoms with Crippen LogP contribution in [0.4, 0.5) is 0 Å². The average molecular weight is 292 g/mol. The van der Waals surface area contributed by atoms with E-state index in [1.165, 1.54) is 12.8 Å². The van der Waals surface area contributed by atoms with Gasteiger partial charge in [0.2, 0.25) is 5.88 Å². The molecule has 86 valence electrons. The van der Waals surface area contributed by atoms with Gasteiger partial charge in [0.05, 0.1) is 6.20 Å². The molecule has 2 heterocycles. The van der Waals surface area contributed by atoms with Gasteiger partial charge in [0.25, 0.3) is 0 Å². The van der Waals surface area contributed by atoms with Crippen LogP contribution in [-0.2, 0) is 0 Å². The highest BCUT2D eigenvalue weighted by Crippen LogP contribution is 2.38. The number of nitrogens with zero attached hydrogens (tertiary/aromatic N) is 3. The minimum atomic E-state index is 0.527. The van der Waals surface area contributed by atoms with Crippen molar-refractivity contribution >= 4 is 15.9 Å². The summed E-state index contributed by atoms with van der Waals surface area (Å²) in [5, 5.41) is 0. The van der Waals surface area contributed by atoms with Gasteiger partial charge in [-0.25, -0.2) is 4.98 Å². The Morgan fingerprint density at radius 1 is 1.29 bits per heavy atom. The summed E-state index contributed by atoms with van der Waals surface area (Å²) in [5.74, 6) is 2.64. The summed E-state index contributed by atoms with van der Waals surface area (Å²) in [6.07, 6.45) is 7.47. The second-order valence-electron chi connectivity index (χ2n) is 3.97. The van der Waals surface area contributed by atoms with Gasteiger partial charge < -0.3 is 4.74 Å². The zero-order valence-electron chi connectivity index (χ0n) is 9.01. The number of hydrogen-bond acceptors (Lipinski definition) is 4. The average Bonchev–Trinajstić information content (AvgIpc) is 3.13. The third kappa shape index (κ3) is 2.61. The SMILES string of the molecule is Brc1cncc(Oc2ccnc(C3CC3)n2)c1. The second kappa shape index (κ2) is 4.41. The normalized spacial score (nSPS) is 14.6. The molecule has 3 rings (SSSR count). The topological polar surface area (TPSA) is 47.9 Å². The molecule has 17 heavy (non-hydrogen) atoms. The van der Waals surface area contributed by atoms with Crippen molar-refractivity contribution in [1.82, 2.24) is 15.0 Å². The van der Waals surface area contributed by atoms with Crippen LogP contribution < -0.4 is 4.74 Å². The van der Waals surface area contributed by atoms with E-state index in [0.717, 1.165) is 10.3 Å². The third-order valence-electron chi connectivity index (χ3n) is 2.49. The van der Waals surface area contributed by atoms with Gasteiger partial charge in [-0.2, -0.15) is 4.98 Å². The van der Waals surface area contributed by atoms with Crippen molar-refractivity contribution < 1.29 is 4.74 Å². The molecular formula is C12H10BrN3O. The summed E-state index contributed by atoms with van der Waals surface area (Å²) in [6.45, 7) is 0. The van der Waals surface area contributed by atoms with Crippen molar-refractivity contribution in [3.63, 3.8) is 0 Å². The smallest absolute Gasteiger partial charge is 0.222 e. The third-order valence-corrected chi connectivity index (χ3v) is 2.93. The molecule has 0 saturated heterocycles. The van der Waals surface area contributed by atoms with Gasteiger partial charge in [-0.1, -0.05) is 0 Å². The lowest BCUT2D eigenvalue weighted by molar-refractivity contribution is 0.456. The predicted octanol–water partition coefficient (Wildman–Crippen LogP) is 3.30. The largest absolute Gasteiger partial charge is 0.437 e. The lowest BCUT2D eigenvalue weighted by atomic mass is 10.4. The molecule has 0 radical (unpaired) electrons. The van der Waals surface area contributed by atoms with Crippen LogP contribution in [0.25, 0.3) is 0 Å². The standard InChI is InChI=1S/C12H10BrN3O/c13-9-5-10(7-14-6-9)17-11-3-4-15-12(16-11)8-1-2-8/h3-8H,1-2H2. The molecule has 1 aliphatic rings. The van der Waals surface area contributed by atoms with Gasteiger partial charge in [-0.15, -0.1) is 0 Å². The highest BCUT2D eigenvalue weighted by atomic mass is 79.9. The van der Waals surface area contributed by atoms with E-state index < -0.39 is 0 Å². The van der Waals surface area contributed by atoms with E-state index >= 15 is 0 Å². The Labute approximate surface area is 107 Å². The van der Waals surface area contributed by atoms with Crippen molar-refractivity contribution in [3.8, 4) is 11.6 Å². The quantitative estimate of drug-likeness (QED) is 0.870. The Balaban J connectivity index is 1.82. The maximum absolute atomic E-state index is 5.63. The van der Waals surface area contributed by atoms with E-state index in [-0.39, 0.29) is 0 Å². The molecule has 4 nitrogen and oxygen atoms in total. The highest BCUT2D eigenvalue weighted by molar-refractivity contribution is 9.10. The number of aromatic nitrogens is 3. The summed E-state index contributed by atoms with van der Waals surface area (Å²) in [6, 6.07) is 3.61. The molecule has 2 aromatic heterocycles. The summed E-state index contributed by atoms with van der Waals surface area (Å²) in [4.78, 5) is 12.7. The Morgan fingerprint density at radius 3 is 2.94 bits per heavy atom. The first-order chi connectivity index (χ1) is 8.31. The predicted molar refractivity (Wildman–Crippen MR) is 66.0 cm³/mol. The lowest BCUT2D eigenvalue weighted by Gasteiger charge is -2.05. The molecule has 0 aliphatic heterocycles. The van der Waals surface area contributed by atoms with Crippen LogP contribution in [0.5, 0.6) is 11.6 Å². The molecule has 1 fully saturated rings. The number of pyridine rings is 1. The molecule has 2 aromatic rings. The zero-order valence-corrected chi connectivity index (χ0v) is 10.6. The van der Waals surface area contributed by atoms with Crippen LogP contribution in [-0.4, -0.2) is 15.0 Å². The van der Waals surface area contributed by atoms with E-state index in [1.54, 1.807) is 24.7 Å². The van der Waals surface area contributed by atoms with E-state index in [4.69, 9.17) is 4.74 Å². The molecule has 0 amide bonds. The number of rotatable bonds is 3. The van der Waals surface area contributed by atoms with Crippen molar-refractivity contribution in [1.29, 1.82) is 0 Å². The number of hydrogen-bond donors (Lipinski definition) is 0. The lowest BCUT2D eigenvalue weighted by Crippen LogP contribution is -1.95. The summed E-state index contributed by atoms with van der Waals surface area (Å²) < 4.78 is 6.52. The van der Waals surface area contributed by atoms with Crippen molar-refractivity contribution in [3.05, 3.63) is 41.0 Å². The maximum atomic E-state index is 5.63. The van der Waals surface area contributed by atoms with E-state index in [1.807, 2.05) is 6.07 Å². The van der Waals surface area contributed by atoms with Crippen molar-refractivity contribution in [2.24, 2.45) is 0 Å². The minimum absolute atomic E-state index is 0.527. The highest BCUT2D eigenvalue weighted by Gasteiger charge is 2.26. The van der Waals surface area contributed by atoms with Crippen LogP contribution in [0.3, 0.4) is 0 Å². The van der Waals surface area contributed by atoms with Crippen molar-refractivity contribution in [2.75, 3.05) is 0 Å².